The molecule has 1 saturated heterocycles. The molecule has 1 rings (SSSR count). The maximum atomic E-state index is 13.1. The number of allylic oxidation sites excluding steroid dienone is 15. The van der Waals surface area contributed by atoms with Crippen LogP contribution in [0.2, 0.25) is 0 Å². The van der Waals surface area contributed by atoms with Crippen molar-refractivity contribution in [1.82, 2.24) is 5.32 Å². The van der Waals surface area contributed by atoms with E-state index in [2.05, 4.69) is 104 Å². The summed E-state index contributed by atoms with van der Waals surface area (Å²) in [5.41, 5.74) is 0. The SMILES string of the molecule is CC/C=C\C/C=C\C/C=C\C/C=C\C/C=C\C/C=C\C/C=C\CCCCCCCCCC(=O)NC(COC1OC(CO)C(O)C(O)C1O)C(O)/C=C/CCCCCCCCCCCCCCCCCCCCCC. The lowest BCUT2D eigenvalue weighted by Gasteiger charge is -2.40. The molecule has 1 fully saturated rings. The summed E-state index contributed by atoms with van der Waals surface area (Å²) in [6.07, 6.45) is 70.4. The highest BCUT2D eigenvalue weighted by atomic mass is 16.7. The summed E-state index contributed by atoms with van der Waals surface area (Å²) >= 11 is 0. The van der Waals surface area contributed by atoms with Crippen LogP contribution in [-0.2, 0) is 14.3 Å². The lowest BCUT2D eigenvalue weighted by atomic mass is 9.99. The summed E-state index contributed by atoms with van der Waals surface area (Å²) in [5.74, 6) is -0.190. The first-order chi connectivity index (χ1) is 36.3. The molecule has 0 saturated carbocycles. The Bertz CT molecular complexity index is 1480. The van der Waals surface area contributed by atoms with E-state index in [0.717, 1.165) is 96.3 Å². The van der Waals surface area contributed by atoms with Crippen molar-refractivity contribution in [3.8, 4) is 0 Å². The van der Waals surface area contributed by atoms with Gasteiger partial charge in [-0.1, -0.05) is 265 Å². The number of carbonyl (C=O) groups excluding carboxylic acids is 1. The smallest absolute Gasteiger partial charge is 0.220 e. The van der Waals surface area contributed by atoms with Crippen molar-refractivity contribution in [3.63, 3.8) is 0 Å². The van der Waals surface area contributed by atoms with Crippen molar-refractivity contribution in [3.05, 3.63) is 97.2 Å². The van der Waals surface area contributed by atoms with Crippen LogP contribution in [0.4, 0.5) is 0 Å². The molecule has 0 aromatic rings. The molecule has 1 amide bonds. The van der Waals surface area contributed by atoms with Crippen LogP contribution in [0.5, 0.6) is 0 Å². The predicted octanol–water partition coefficient (Wildman–Crippen LogP) is 15.6. The van der Waals surface area contributed by atoms with E-state index >= 15 is 0 Å². The predicted molar refractivity (Wildman–Crippen MR) is 313 cm³/mol. The van der Waals surface area contributed by atoms with Gasteiger partial charge in [-0.3, -0.25) is 4.79 Å². The number of hydrogen-bond donors (Lipinski definition) is 6. The van der Waals surface area contributed by atoms with Gasteiger partial charge in [0.15, 0.2) is 6.29 Å². The normalized spacial score (nSPS) is 19.7. The van der Waals surface area contributed by atoms with Crippen molar-refractivity contribution < 1.29 is 39.8 Å². The van der Waals surface area contributed by atoms with Gasteiger partial charge in [-0.05, 0) is 77.0 Å². The number of unbranched alkanes of at least 4 members (excludes halogenated alkanes) is 27. The Balaban J connectivity index is 2.24. The van der Waals surface area contributed by atoms with E-state index in [1.807, 2.05) is 6.08 Å². The van der Waals surface area contributed by atoms with Gasteiger partial charge in [0.2, 0.25) is 5.91 Å². The highest BCUT2D eigenvalue weighted by Gasteiger charge is 2.44. The van der Waals surface area contributed by atoms with E-state index < -0.39 is 49.5 Å². The zero-order valence-electron chi connectivity index (χ0n) is 47.3. The molecule has 9 nitrogen and oxygen atoms in total. The zero-order valence-corrected chi connectivity index (χ0v) is 47.3. The van der Waals surface area contributed by atoms with Gasteiger partial charge in [0.1, 0.15) is 24.4 Å². The fourth-order valence-corrected chi connectivity index (χ4v) is 9.14. The summed E-state index contributed by atoms with van der Waals surface area (Å²) in [6.45, 7) is 3.67. The lowest BCUT2D eigenvalue weighted by molar-refractivity contribution is -0.302. The van der Waals surface area contributed by atoms with E-state index in [4.69, 9.17) is 9.47 Å². The first-order valence-electron chi connectivity index (χ1n) is 30.5. The topological polar surface area (TPSA) is 149 Å². The lowest BCUT2D eigenvalue weighted by Crippen LogP contribution is -2.60. The molecule has 7 unspecified atom stereocenters. The Hall–Kier alpha value is -2.89. The van der Waals surface area contributed by atoms with Gasteiger partial charge in [-0.15, -0.1) is 0 Å². The third-order valence-corrected chi connectivity index (χ3v) is 13.9. The van der Waals surface area contributed by atoms with E-state index in [1.165, 1.54) is 135 Å². The molecule has 6 N–H and O–H groups in total. The Morgan fingerprint density at radius 2 is 0.838 bits per heavy atom. The molecule has 0 radical (unpaired) electrons. The van der Waals surface area contributed by atoms with Gasteiger partial charge in [0.25, 0.3) is 0 Å². The molecule has 0 aliphatic carbocycles. The molecule has 1 heterocycles. The summed E-state index contributed by atoms with van der Waals surface area (Å²) < 4.78 is 11.3. The molecule has 1 aliphatic rings. The van der Waals surface area contributed by atoms with E-state index in [9.17, 15) is 30.3 Å². The van der Waals surface area contributed by atoms with Crippen LogP contribution < -0.4 is 5.32 Å². The molecule has 0 spiro atoms. The Labute approximate surface area is 453 Å². The van der Waals surface area contributed by atoms with Crippen molar-refractivity contribution >= 4 is 5.91 Å². The van der Waals surface area contributed by atoms with Crippen LogP contribution in [0.1, 0.15) is 251 Å². The number of nitrogens with one attached hydrogen (secondary N) is 1. The number of carbonyl (C=O) groups is 1. The Morgan fingerprint density at radius 3 is 1.24 bits per heavy atom. The van der Waals surface area contributed by atoms with Gasteiger partial charge in [-0.25, -0.2) is 0 Å². The summed E-state index contributed by atoms with van der Waals surface area (Å²) in [5, 5.41) is 54.6. The van der Waals surface area contributed by atoms with Crippen molar-refractivity contribution in [2.24, 2.45) is 0 Å². The zero-order chi connectivity index (χ0) is 53.6. The average Bonchev–Trinajstić information content (AvgIpc) is 3.40. The fraction of sp³-hybridized carbons (Fsp3) is 0.738. The van der Waals surface area contributed by atoms with Crippen LogP contribution >= 0.6 is 0 Å². The highest BCUT2D eigenvalue weighted by Crippen LogP contribution is 2.23. The van der Waals surface area contributed by atoms with Crippen LogP contribution in [-0.4, -0.2) is 87.5 Å². The first-order valence-corrected chi connectivity index (χ1v) is 30.5. The molecule has 1 aliphatic heterocycles. The largest absolute Gasteiger partial charge is 0.394 e. The van der Waals surface area contributed by atoms with E-state index in [0.29, 0.717) is 6.42 Å². The number of amides is 1. The second-order valence-electron chi connectivity index (χ2n) is 20.8. The molecule has 7 atom stereocenters. The van der Waals surface area contributed by atoms with Gasteiger partial charge >= 0.3 is 0 Å². The van der Waals surface area contributed by atoms with Gasteiger partial charge < -0.3 is 40.3 Å². The van der Waals surface area contributed by atoms with Crippen molar-refractivity contribution in [2.45, 2.75) is 294 Å². The molecule has 426 valence electrons. The van der Waals surface area contributed by atoms with Crippen molar-refractivity contribution in [1.29, 1.82) is 0 Å². The molecule has 9 heteroatoms. The number of ether oxygens (including phenoxy) is 2. The van der Waals surface area contributed by atoms with E-state index in [-0.39, 0.29) is 12.5 Å². The maximum absolute atomic E-state index is 13.1. The quantitative estimate of drug-likeness (QED) is 0.0261. The second-order valence-corrected chi connectivity index (χ2v) is 20.8. The Morgan fingerprint density at radius 1 is 0.473 bits per heavy atom. The number of hydrogen-bond acceptors (Lipinski definition) is 8. The van der Waals surface area contributed by atoms with Crippen LogP contribution in [0.15, 0.2) is 97.2 Å². The van der Waals surface area contributed by atoms with Gasteiger partial charge in [0.05, 0.1) is 25.4 Å². The highest BCUT2D eigenvalue weighted by molar-refractivity contribution is 5.76. The average molecular weight is 1040 g/mol. The van der Waals surface area contributed by atoms with Gasteiger partial charge in [-0.2, -0.15) is 0 Å². The van der Waals surface area contributed by atoms with Crippen LogP contribution in [0, 0.1) is 0 Å². The van der Waals surface area contributed by atoms with Crippen molar-refractivity contribution in [2.75, 3.05) is 13.2 Å². The monoisotopic (exact) mass is 1040 g/mol. The van der Waals surface area contributed by atoms with Crippen LogP contribution in [0.25, 0.3) is 0 Å². The summed E-state index contributed by atoms with van der Waals surface area (Å²) in [7, 11) is 0. The molecular weight excluding hydrogens is 923 g/mol. The fourth-order valence-electron chi connectivity index (χ4n) is 9.14. The molecule has 0 aromatic heterocycles. The van der Waals surface area contributed by atoms with Gasteiger partial charge in [0, 0.05) is 6.42 Å². The Kier molecular flexibility index (Phi) is 50.0. The minimum absolute atomic E-state index is 0.190. The minimum atomic E-state index is -1.57. The molecular formula is C65H113NO8. The standard InChI is InChI=1S/C65H113NO8/c1-3-5-7-9-11-13-15-17-19-21-23-25-27-28-29-30-31-32-33-35-37-39-41-43-45-47-49-51-53-55-61(69)66-58(57-73-65-64(72)63(71)62(70)60(56-67)74-65)59(68)54-52-50-48-46-44-42-40-38-36-34-26-24-22-20-18-16-14-12-10-8-6-4-2/h5,7,11,13,17,19,23,25,28-29,31-32,35,37,52,54,58-60,62-65,67-68,70-72H,3-4,6,8-10,12,14-16,18,20-22,24,26-27,30,33-34,36,38-51,53,55-57H2,1-2H3,(H,66,69)/b7-5-,13-11-,19-17-,25-23-,29-28-,32-31-,37-35-,54-52+. The minimum Gasteiger partial charge on any atom is -0.394 e. The maximum Gasteiger partial charge on any atom is 0.220 e. The number of aliphatic hydroxyl groups excluding tert-OH is 5. The number of rotatable bonds is 51. The van der Waals surface area contributed by atoms with E-state index in [1.54, 1.807) is 6.08 Å². The first kappa shape index (κ1) is 69.1. The second kappa shape index (κ2) is 53.5. The summed E-state index contributed by atoms with van der Waals surface area (Å²) in [6, 6.07) is -0.819. The molecule has 74 heavy (non-hydrogen) atoms. The molecule has 0 bridgehead atoms. The summed E-state index contributed by atoms with van der Waals surface area (Å²) in [4.78, 5) is 13.1. The number of aliphatic hydroxyl groups is 5. The molecule has 0 aromatic carbocycles. The third kappa shape index (κ3) is 42.2. The van der Waals surface area contributed by atoms with Crippen LogP contribution in [0.3, 0.4) is 0 Å². The third-order valence-electron chi connectivity index (χ3n) is 13.9.